The number of piperazine rings is 1. The van der Waals surface area contributed by atoms with E-state index in [4.69, 9.17) is 0 Å². The van der Waals surface area contributed by atoms with Crippen LogP contribution in [0.1, 0.15) is 12.8 Å². The molecule has 0 aromatic carbocycles. The zero-order valence-corrected chi connectivity index (χ0v) is 9.73. The molecule has 1 N–H and O–H groups in total. The zero-order valence-electron chi connectivity index (χ0n) is 9.73. The lowest BCUT2D eigenvalue weighted by atomic mass is 9.81. The molecule has 86 valence electrons. The van der Waals surface area contributed by atoms with E-state index in [1.807, 2.05) is 0 Å². The van der Waals surface area contributed by atoms with Crippen molar-refractivity contribution in [1.29, 1.82) is 0 Å². The van der Waals surface area contributed by atoms with Crippen LogP contribution in [0.2, 0.25) is 0 Å². The van der Waals surface area contributed by atoms with Gasteiger partial charge in [-0.2, -0.15) is 0 Å². The van der Waals surface area contributed by atoms with Crippen molar-refractivity contribution in [2.24, 2.45) is 5.92 Å². The molecule has 1 aliphatic heterocycles. The molecule has 1 fully saturated rings. The van der Waals surface area contributed by atoms with Gasteiger partial charge in [0.25, 0.3) is 0 Å². The second kappa shape index (κ2) is 4.56. The second-order valence-corrected chi connectivity index (χ2v) is 4.98. The molecule has 1 unspecified atom stereocenters. The first-order chi connectivity index (χ1) is 7.93. The topological polar surface area (TPSA) is 15.3 Å². The van der Waals surface area contributed by atoms with Gasteiger partial charge in [-0.3, -0.25) is 4.90 Å². The number of allylic oxidation sites excluding steroid dienone is 5. The standard InChI is InChI=1S/C14H20N2/c1-2-4-13-11-14(6-5-12(13)3-1)16-9-7-15-8-10-16/h1-3,5-6,13-15H,4,7-11H2/t13-,14?/m0/s1. The molecule has 0 amide bonds. The van der Waals surface area contributed by atoms with Gasteiger partial charge in [-0.1, -0.05) is 30.4 Å². The molecule has 3 aliphatic rings. The molecule has 2 nitrogen and oxygen atoms in total. The highest BCUT2D eigenvalue weighted by atomic mass is 15.2. The fraction of sp³-hybridized carbons (Fsp3) is 0.571. The Bertz CT molecular complexity index is 335. The van der Waals surface area contributed by atoms with Crippen LogP contribution < -0.4 is 5.32 Å². The van der Waals surface area contributed by atoms with Crippen LogP contribution in [-0.2, 0) is 0 Å². The third-order valence-electron chi connectivity index (χ3n) is 3.97. The van der Waals surface area contributed by atoms with Crippen LogP contribution in [-0.4, -0.2) is 37.1 Å². The fourth-order valence-electron chi connectivity index (χ4n) is 2.99. The number of nitrogens with zero attached hydrogens (tertiary/aromatic N) is 1. The van der Waals surface area contributed by atoms with Gasteiger partial charge in [-0.05, 0) is 24.3 Å². The summed E-state index contributed by atoms with van der Waals surface area (Å²) in [5.74, 6) is 0.773. The number of nitrogens with one attached hydrogen (secondary N) is 1. The van der Waals surface area contributed by atoms with Crippen LogP contribution in [0.4, 0.5) is 0 Å². The predicted octanol–water partition coefficient (Wildman–Crippen LogP) is 1.72. The van der Waals surface area contributed by atoms with Gasteiger partial charge in [0.15, 0.2) is 0 Å². The van der Waals surface area contributed by atoms with E-state index in [0.717, 1.165) is 19.0 Å². The molecule has 2 heteroatoms. The maximum atomic E-state index is 3.42. The van der Waals surface area contributed by atoms with E-state index in [0.29, 0.717) is 6.04 Å². The van der Waals surface area contributed by atoms with Crippen molar-refractivity contribution in [3.05, 3.63) is 36.0 Å². The molecule has 16 heavy (non-hydrogen) atoms. The van der Waals surface area contributed by atoms with E-state index in [9.17, 15) is 0 Å². The number of fused-ring (bicyclic) bond motifs is 1. The lowest BCUT2D eigenvalue weighted by molar-refractivity contribution is 0.180. The Labute approximate surface area is 97.7 Å². The van der Waals surface area contributed by atoms with Crippen LogP contribution >= 0.6 is 0 Å². The van der Waals surface area contributed by atoms with Crippen LogP contribution in [0, 0.1) is 5.92 Å². The normalized spacial score (nSPS) is 34.6. The van der Waals surface area contributed by atoms with Crippen LogP contribution in [0.5, 0.6) is 0 Å². The third-order valence-corrected chi connectivity index (χ3v) is 3.97. The van der Waals surface area contributed by atoms with E-state index in [2.05, 4.69) is 40.6 Å². The Hall–Kier alpha value is -0.860. The highest BCUT2D eigenvalue weighted by molar-refractivity contribution is 5.33. The summed E-state index contributed by atoms with van der Waals surface area (Å²) in [4.78, 5) is 2.63. The molecule has 0 aromatic rings. The molecule has 3 rings (SSSR count). The van der Waals surface area contributed by atoms with Crippen molar-refractivity contribution in [2.75, 3.05) is 26.2 Å². The van der Waals surface area contributed by atoms with E-state index in [1.165, 1.54) is 31.5 Å². The number of hydrogen-bond acceptors (Lipinski definition) is 2. The Morgan fingerprint density at radius 2 is 2.12 bits per heavy atom. The summed E-state index contributed by atoms with van der Waals surface area (Å²) in [6.07, 6.45) is 14.1. The first-order valence-electron chi connectivity index (χ1n) is 6.43. The summed E-state index contributed by atoms with van der Waals surface area (Å²) in [5, 5.41) is 3.42. The smallest absolute Gasteiger partial charge is 0.0288 e. The molecule has 2 aliphatic carbocycles. The van der Waals surface area contributed by atoms with Gasteiger partial charge in [-0.25, -0.2) is 0 Å². The van der Waals surface area contributed by atoms with Crippen molar-refractivity contribution in [3.8, 4) is 0 Å². The lowest BCUT2D eigenvalue weighted by Crippen LogP contribution is -2.48. The molecule has 1 heterocycles. The SMILES string of the molecule is C1=CC[C@H]2CC(N3CCNCC3)C=CC2=C1. The average Bonchev–Trinajstić information content (AvgIpc) is 2.39. The summed E-state index contributed by atoms with van der Waals surface area (Å²) in [6.45, 7) is 4.71. The summed E-state index contributed by atoms with van der Waals surface area (Å²) in [7, 11) is 0. The maximum Gasteiger partial charge on any atom is 0.0288 e. The zero-order chi connectivity index (χ0) is 10.8. The largest absolute Gasteiger partial charge is 0.314 e. The van der Waals surface area contributed by atoms with Gasteiger partial charge in [0.2, 0.25) is 0 Å². The van der Waals surface area contributed by atoms with Crippen molar-refractivity contribution in [3.63, 3.8) is 0 Å². The van der Waals surface area contributed by atoms with Crippen molar-refractivity contribution < 1.29 is 0 Å². The van der Waals surface area contributed by atoms with Crippen molar-refractivity contribution >= 4 is 0 Å². The summed E-state index contributed by atoms with van der Waals surface area (Å²) >= 11 is 0. The molecule has 0 spiro atoms. The number of rotatable bonds is 1. The van der Waals surface area contributed by atoms with Crippen molar-refractivity contribution in [2.45, 2.75) is 18.9 Å². The highest BCUT2D eigenvalue weighted by Crippen LogP contribution is 2.32. The highest BCUT2D eigenvalue weighted by Gasteiger charge is 2.26. The number of hydrogen-bond donors (Lipinski definition) is 1. The minimum Gasteiger partial charge on any atom is -0.314 e. The molecule has 0 aromatic heterocycles. The van der Waals surface area contributed by atoms with Crippen LogP contribution in [0.25, 0.3) is 0 Å². The van der Waals surface area contributed by atoms with Crippen molar-refractivity contribution in [1.82, 2.24) is 10.2 Å². The van der Waals surface area contributed by atoms with E-state index < -0.39 is 0 Å². The minimum absolute atomic E-state index is 0.677. The Kier molecular flexibility index (Phi) is 2.94. The average molecular weight is 216 g/mol. The van der Waals surface area contributed by atoms with Crippen LogP contribution in [0.15, 0.2) is 36.0 Å². The van der Waals surface area contributed by atoms with Crippen LogP contribution in [0.3, 0.4) is 0 Å². The van der Waals surface area contributed by atoms with Gasteiger partial charge < -0.3 is 5.32 Å². The molecule has 2 atom stereocenters. The van der Waals surface area contributed by atoms with Gasteiger partial charge in [0.1, 0.15) is 0 Å². The van der Waals surface area contributed by atoms with Gasteiger partial charge >= 0.3 is 0 Å². The second-order valence-electron chi connectivity index (χ2n) is 4.98. The van der Waals surface area contributed by atoms with Gasteiger partial charge in [0.05, 0.1) is 0 Å². The van der Waals surface area contributed by atoms with Gasteiger partial charge in [-0.15, -0.1) is 0 Å². The first kappa shape index (κ1) is 10.3. The Balaban J connectivity index is 1.70. The lowest BCUT2D eigenvalue weighted by Gasteiger charge is -2.38. The molecule has 0 radical (unpaired) electrons. The monoisotopic (exact) mass is 216 g/mol. The van der Waals surface area contributed by atoms with E-state index in [-0.39, 0.29) is 0 Å². The summed E-state index contributed by atoms with van der Waals surface area (Å²) in [5.41, 5.74) is 1.54. The maximum absolute atomic E-state index is 3.42. The Morgan fingerprint density at radius 3 is 3.00 bits per heavy atom. The fourth-order valence-corrected chi connectivity index (χ4v) is 2.99. The summed E-state index contributed by atoms with van der Waals surface area (Å²) in [6, 6.07) is 0.677. The summed E-state index contributed by atoms with van der Waals surface area (Å²) < 4.78 is 0. The first-order valence-corrected chi connectivity index (χ1v) is 6.43. The molecule has 0 saturated carbocycles. The molecular weight excluding hydrogens is 196 g/mol. The quantitative estimate of drug-likeness (QED) is 0.718. The van der Waals surface area contributed by atoms with Gasteiger partial charge in [0, 0.05) is 32.2 Å². The van der Waals surface area contributed by atoms with E-state index in [1.54, 1.807) is 0 Å². The van der Waals surface area contributed by atoms with E-state index >= 15 is 0 Å². The molecular formula is C14H20N2. The third kappa shape index (κ3) is 2.00. The Morgan fingerprint density at radius 1 is 1.25 bits per heavy atom. The molecule has 0 bridgehead atoms. The molecule has 1 saturated heterocycles. The minimum atomic E-state index is 0.677. The predicted molar refractivity (Wildman–Crippen MR) is 67.3 cm³/mol.